The van der Waals surface area contributed by atoms with Crippen LogP contribution in [0.5, 0.6) is 0 Å². The number of amidine groups is 1. The summed E-state index contributed by atoms with van der Waals surface area (Å²) < 4.78 is 0. The quantitative estimate of drug-likeness (QED) is 0.830. The van der Waals surface area contributed by atoms with Crippen molar-refractivity contribution in [3.8, 4) is 0 Å². The van der Waals surface area contributed by atoms with Crippen LogP contribution in [0.15, 0.2) is 29.3 Å². The lowest BCUT2D eigenvalue weighted by molar-refractivity contribution is 0.0369. The van der Waals surface area contributed by atoms with Crippen molar-refractivity contribution in [2.45, 2.75) is 40.3 Å². The first kappa shape index (κ1) is 12.7. The van der Waals surface area contributed by atoms with Crippen molar-refractivity contribution in [1.29, 1.82) is 0 Å². The highest BCUT2D eigenvalue weighted by Gasteiger charge is 2.19. The van der Waals surface area contributed by atoms with Crippen LogP contribution in [0.1, 0.15) is 45.0 Å². The summed E-state index contributed by atoms with van der Waals surface area (Å²) in [5.74, 6) is 0.834. The maximum atomic E-state index is 5.34. The molecule has 0 spiro atoms. The molecule has 0 aromatic heterocycles. The van der Waals surface area contributed by atoms with Gasteiger partial charge in [-0.05, 0) is 18.9 Å². The highest BCUT2D eigenvalue weighted by Crippen LogP contribution is 2.24. The van der Waals surface area contributed by atoms with Crippen LogP contribution in [0.4, 0.5) is 0 Å². The van der Waals surface area contributed by atoms with E-state index in [0.29, 0.717) is 0 Å². The zero-order valence-corrected chi connectivity index (χ0v) is 10.4. The SMILES string of the molecule is CC.CCc1ccccc1C1N=C(C)NO1. The lowest BCUT2D eigenvalue weighted by atomic mass is 10.0. The molecule has 0 saturated heterocycles. The second kappa shape index (κ2) is 6.28. The Hall–Kier alpha value is -1.35. The molecule has 0 radical (unpaired) electrons. The first-order chi connectivity index (χ1) is 7.81. The molecule has 3 heteroatoms. The molecule has 1 N–H and O–H groups in total. The van der Waals surface area contributed by atoms with E-state index in [2.05, 4.69) is 29.5 Å². The molecule has 2 rings (SSSR count). The van der Waals surface area contributed by atoms with Crippen LogP contribution in [-0.2, 0) is 11.3 Å². The fourth-order valence-corrected chi connectivity index (χ4v) is 1.60. The third kappa shape index (κ3) is 2.83. The van der Waals surface area contributed by atoms with Crippen molar-refractivity contribution in [2.75, 3.05) is 0 Å². The van der Waals surface area contributed by atoms with Crippen LogP contribution in [0.2, 0.25) is 0 Å². The minimum atomic E-state index is -0.175. The van der Waals surface area contributed by atoms with Gasteiger partial charge in [0.05, 0.1) is 0 Å². The monoisotopic (exact) mass is 220 g/mol. The molecule has 3 nitrogen and oxygen atoms in total. The fourth-order valence-electron chi connectivity index (χ4n) is 1.60. The van der Waals surface area contributed by atoms with Gasteiger partial charge in [-0.2, -0.15) is 0 Å². The average Bonchev–Trinajstić information content (AvgIpc) is 2.78. The van der Waals surface area contributed by atoms with Crippen LogP contribution in [-0.4, -0.2) is 5.84 Å². The molecule has 0 bridgehead atoms. The molecule has 0 amide bonds. The van der Waals surface area contributed by atoms with Crippen molar-refractivity contribution >= 4 is 5.84 Å². The molecule has 0 saturated carbocycles. The second-order valence-corrected chi connectivity index (χ2v) is 3.34. The Kier molecular flexibility index (Phi) is 4.99. The largest absolute Gasteiger partial charge is 0.251 e. The molecule has 1 atom stereocenters. The number of aryl methyl sites for hydroxylation is 1. The summed E-state index contributed by atoms with van der Waals surface area (Å²) in [6.07, 6.45) is 0.830. The second-order valence-electron chi connectivity index (χ2n) is 3.34. The first-order valence-electron chi connectivity index (χ1n) is 5.85. The lowest BCUT2D eigenvalue weighted by Gasteiger charge is -2.10. The van der Waals surface area contributed by atoms with E-state index >= 15 is 0 Å². The summed E-state index contributed by atoms with van der Waals surface area (Å²) in [7, 11) is 0. The molecular weight excluding hydrogens is 200 g/mol. The maximum Gasteiger partial charge on any atom is 0.202 e. The van der Waals surface area contributed by atoms with Gasteiger partial charge in [-0.15, -0.1) is 0 Å². The number of rotatable bonds is 2. The standard InChI is InChI=1S/C11H14N2O.C2H6/c1-3-9-6-4-5-7-10(9)11-12-8(2)13-14-11;1-2/h4-7,11H,3H2,1-2H3,(H,12,13);1-2H3. The van der Waals surface area contributed by atoms with Crippen LogP contribution >= 0.6 is 0 Å². The first-order valence-corrected chi connectivity index (χ1v) is 5.85. The number of aliphatic imine (C=N–C) groups is 1. The van der Waals surface area contributed by atoms with Gasteiger partial charge in [-0.25, -0.2) is 9.83 Å². The molecule has 1 aliphatic rings. The maximum absolute atomic E-state index is 5.34. The predicted molar refractivity (Wildman–Crippen MR) is 67.2 cm³/mol. The van der Waals surface area contributed by atoms with Crippen molar-refractivity contribution < 1.29 is 4.84 Å². The van der Waals surface area contributed by atoms with Crippen molar-refractivity contribution in [1.82, 2.24) is 5.48 Å². The summed E-state index contributed by atoms with van der Waals surface area (Å²) in [5.41, 5.74) is 5.21. The van der Waals surface area contributed by atoms with Gasteiger partial charge in [-0.3, -0.25) is 5.48 Å². The van der Waals surface area contributed by atoms with Gasteiger partial charge in [0.25, 0.3) is 0 Å². The van der Waals surface area contributed by atoms with E-state index in [0.717, 1.165) is 17.8 Å². The Balaban J connectivity index is 0.000000606. The summed E-state index contributed by atoms with van der Waals surface area (Å²) in [6, 6.07) is 8.23. The highest BCUT2D eigenvalue weighted by atomic mass is 16.7. The number of hydrogen-bond donors (Lipinski definition) is 1. The van der Waals surface area contributed by atoms with Crippen LogP contribution < -0.4 is 5.48 Å². The van der Waals surface area contributed by atoms with Crippen molar-refractivity contribution in [2.24, 2.45) is 4.99 Å². The van der Waals surface area contributed by atoms with Gasteiger partial charge in [0.15, 0.2) is 0 Å². The molecule has 88 valence electrons. The molecule has 1 heterocycles. The lowest BCUT2D eigenvalue weighted by Crippen LogP contribution is -2.13. The Morgan fingerprint density at radius 1 is 1.31 bits per heavy atom. The van der Waals surface area contributed by atoms with Gasteiger partial charge >= 0.3 is 0 Å². The number of hydroxylamine groups is 1. The number of nitrogens with zero attached hydrogens (tertiary/aromatic N) is 1. The van der Waals surface area contributed by atoms with E-state index in [1.165, 1.54) is 5.56 Å². The molecule has 1 aliphatic heterocycles. The van der Waals surface area contributed by atoms with E-state index in [9.17, 15) is 0 Å². The zero-order chi connectivity index (χ0) is 12.0. The minimum absolute atomic E-state index is 0.175. The van der Waals surface area contributed by atoms with Gasteiger partial charge in [0, 0.05) is 5.56 Å². The van der Waals surface area contributed by atoms with E-state index in [1.807, 2.05) is 32.9 Å². The van der Waals surface area contributed by atoms with Gasteiger partial charge in [0.1, 0.15) is 5.84 Å². The van der Waals surface area contributed by atoms with Crippen LogP contribution in [0.25, 0.3) is 0 Å². The number of nitrogens with one attached hydrogen (secondary N) is 1. The van der Waals surface area contributed by atoms with E-state index in [-0.39, 0.29) is 6.23 Å². The zero-order valence-electron chi connectivity index (χ0n) is 10.4. The summed E-state index contributed by atoms with van der Waals surface area (Å²) in [6.45, 7) is 8.03. The van der Waals surface area contributed by atoms with E-state index in [4.69, 9.17) is 4.84 Å². The summed E-state index contributed by atoms with van der Waals surface area (Å²) in [5, 5.41) is 0. The number of hydrogen-bond acceptors (Lipinski definition) is 3. The molecule has 1 aromatic rings. The third-order valence-corrected chi connectivity index (χ3v) is 2.33. The smallest absolute Gasteiger partial charge is 0.202 e. The van der Waals surface area contributed by atoms with E-state index in [1.54, 1.807) is 0 Å². The highest BCUT2D eigenvalue weighted by molar-refractivity contribution is 5.79. The van der Waals surface area contributed by atoms with Crippen LogP contribution in [0, 0.1) is 0 Å². The van der Waals surface area contributed by atoms with E-state index < -0.39 is 0 Å². The van der Waals surface area contributed by atoms with Crippen molar-refractivity contribution in [3.05, 3.63) is 35.4 Å². The Bertz CT molecular complexity index is 361. The Morgan fingerprint density at radius 3 is 2.56 bits per heavy atom. The normalized spacial score (nSPS) is 18.2. The fraction of sp³-hybridized carbons (Fsp3) is 0.462. The van der Waals surface area contributed by atoms with Crippen LogP contribution in [0.3, 0.4) is 0 Å². The van der Waals surface area contributed by atoms with Crippen molar-refractivity contribution in [3.63, 3.8) is 0 Å². The number of benzene rings is 1. The minimum Gasteiger partial charge on any atom is -0.251 e. The molecule has 16 heavy (non-hydrogen) atoms. The van der Waals surface area contributed by atoms with Gasteiger partial charge in [0.2, 0.25) is 6.23 Å². The Morgan fingerprint density at radius 2 is 2.00 bits per heavy atom. The molecular formula is C13H20N2O. The molecule has 1 unspecified atom stereocenters. The molecule has 0 fully saturated rings. The summed E-state index contributed by atoms with van der Waals surface area (Å²) >= 11 is 0. The van der Waals surface area contributed by atoms with Gasteiger partial charge < -0.3 is 0 Å². The Labute approximate surface area is 97.5 Å². The third-order valence-electron chi connectivity index (χ3n) is 2.33. The predicted octanol–water partition coefficient (Wildman–Crippen LogP) is 3.23. The van der Waals surface area contributed by atoms with Gasteiger partial charge in [-0.1, -0.05) is 45.0 Å². The summed E-state index contributed by atoms with van der Waals surface area (Å²) in [4.78, 5) is 9.69. The molecule has 0 aliphatic carbocycles. The topological polar surface area (TPSA) is 33.6 Å². The average molecular weight is 220 g/mol. The molecule has 1 aromatic carbocycles.